The van der Waals surface area contributed by atoms with Crippen LogP contribution in [0.1, 0.15) is 92.4 Å². The third-order valence-corrected chi connectivity index (χ3v) is 10.6. The summed E-state index contributed by atoms with van der Waals surface area (Å²) in [6.45, 7) is 11.5. The van der Waals surface area contributed by atoms with Crippen LogP contribution in [0.25, 0.3) is 0 Å². The molecule has 0 heterocycles. The summed E-state index contributed by atoms with van der Waals surface area (Å²) >= 11 is 0. The van der Waals surface area contributed by atoms with Crippen molar-refractivity contribution in [3.63, 3.8) is 0 Å². The van der Waals surface area contributed by atoms with E-state index >= 15 is 0 Å². The quantitative estimate of drug-likeness (QED) is 0.435. The number of esters is 1. The number of carbonyl (C=O) groups is 2. The molecule has 0 radical (unpaired) electrons. The lowest BCUT2D eigenvalue weighted by Gasteiger charge is -2.61. The molecule has 0 aromatic rings. The number of hydrogen-bond acceptors (Lipinski definition) is 4. The largest absolute Gasteiger partial charge is 0.466 e. The van der Waals surface area contributed by atoms with Crippen LogP contribution in [0, 0.1) is 46.3 Å². The first kappa shape index (κ1) is 24.0. The van der Waals surface area contributed by atoms with E-state index in [4.69, 9.17) is 4.74 Å². The molecule has 4 nitrogen and oxygen atoms in total. The predicted molar refractivity (Wildman–Crippen MR) is 126 cm³/mol. The van der Waals surface area contributed by atoms with Crippen LogP contribution in [0.2, 0.25) is 0 Å². The van der Waals surface area contributed by atoms with Crippen LogP contribution in [0.5, 0.6) is 0 Å². The average Bonchev–Trinajstić information content (AvgIpc) is 3.11. The number of allylic oxidation sites excluding steroid dienone is 2. The third kappa shape index (κ3) is 3.69. The molecular formula is C28H44O4. The molecule has 0 amide bonds. The van der Waals surface area contributed by atoms with E-state index in [1.807, 2.05) is 13.8 Å². The Labute approximate surface area is 194 Å². The van der Waals surface area contributed by atoms with Gasteiger partial charge in [0.25, 0.3) is 0 Å². The zero-order chi connectivity index (χ0) is 23.3. The van der Waals surface area contributed by atoms with Gasteiger partial charge in [-0.15, -0.1) is 0 Å². The van der Waals surface area contributed by atoms with Crippen molar-refractivity contribution in [3.05, 3.63) is 11.6 Å². The zero-order valence-corrected chi connectivity index (χ0v) is 20.9. The number of carbonyl (C=O) groups excluding carboxylic acids is 2. The third-order valence-electron chi connectivity index (χ3n) is 10.6. The van der Waals surface area contributed by atoms with Crippen LogP contribution in [0.15, 0.2) is 11.6 Å². The number of ketones is 1. The molecule has 4 rings (SSSR count). The molecule has 4 aliphatic carbocycles. The van der Waals surface area contributed by atoms with E-state index in [2.05, 4.69) is 26.8 Å². The summed E-state index contributed by atoms with van der Waals surface area (Å²) in [4.78, 5) is 25.9. The number of Topliss-reactive ketones (excluding diaryl/α,β-unsaturated/α-hetero) is 1. The maximum atomic E-state index is 13.9. The van der Waals surface area contributed by atoms with E-state index in [9.17, 15) is 14.7 Å². The minimum Gasteiger partial charge on any atom is -0.466 e. The molecule has 32 heavy (non-hydrogen) atoms. The molecule has 0 aliphatic heterocycles. The van der Waals surface area contributed by atoms with Crippen molar-refractivity contribution in [2.45, 2.75) is 98.5 Å². The van der Waals surface area contributed by atoms with Gasteiger partial charge < -0.3 is 9.84 Å². The van der Waals surface area contributed by atoms with Crippen molar-refractivity contribution in [1.29, 1.82) is 0 Å². The number of aliphatic hydroxyl groups excluding tert-OH is 1. The second-order valence-electron chi connectivity index (χ2n) is 11.9. The fourth-order valence-electron chi connectivity index (χ4n) is 8.94. The van der Waals surface area contributed by atoms with Crippen molar-refractivity contribution in [2.24, 2.45) is 46.3 Å². The van der Waals surface area contributed by atoms with Gasteiger partial charge in [-0.1, -0.05) is 26.8 Å². The highest BCUT2D eigenvalue weighted by Gasteiger charge is 2.64. The summed E-state index contributed by atoms with van der Waals surface area (Å²) in [5, 5.41) is 10.4. The molecule has 0 aromatic heterocycles. The van der Waals surface area contributed by atoms with Crippen molar-refractivity contribution in [3.8, 4) is 0 Å². The van der Waals surface area contributed by atoms with Crippen molar-refractivity contribution >= 4 is 11.8 Å². The van der Waals surface area contributed by atoms with Gasteiger partial charge in [-0.25, -0.2) is 0 Å². The summed E-state index contributed by atoms with van der Waals surface area (Å²) in [6, 6.07) is 0. The molecule has 5 unspecified atom stereocenters. The number of fused-ring (bicyclic) bond motifs is 5. The normalized spacial score (nSPS) is 45.7. The Morgan fingerprint density at radius 2 is 1.84 bits per heavy atom. The lowest BCUT2D eigenvalue weighted by Crippen LogP contribution is -2.58. The first-order valence-corrected chi connectivity index (χ1v) is 13.2. The second-order valence-corrected chi connectivity index (χ2v) is 11.9. The minimum absolute atomic E-state index is 0.0820. The standard InChI is InChI=1S/C28H44O4/c1-6-19-23-16-18(29)12-14-28(23,5)22-13-15-27(4)20(9-10-21(27)25(22)26(19)31)17(3)8-11-24(30)32-7-2/h6,17-18,20-23,25,29H,7-16H2,1-5H3/t17-,18-,20?,21?,22?,23?,25?,27-,28-/m1/s1. The Balaban J connectivity index is 1.57. The van der Waals surface area contributed by atoms with E-state index < -0.39 is 0 Å². The number of ether oxygens (including phenoxy) is 1. The van der Waals surface area contributed by atoms with Crippen LogP contribution in [0.3, 0.4) is 0 Å². The lowest BCUT2D eigenvalue weighted by molar-refractivity contribution is -0.150. The molecule has 0 spiro atoms. The smallest absolute Gasteiger partial charge is 0.305 e. The van der Waals surface area contributed by atoms with Gasteiger partial charge >= 0.3 is 5.97 Å². The van der Waals surface area contributed by atoms with Crippen molar-refractivity contribution in [2.75, 3.05) is 6.61 Å². The van der Waals surface area contributed by atoms with Crippen molar-refractivity contribution in [1.82, 2.24) is 0 Å². The Hall–Kier alpha value is -1.16. The fraction of sp³-hybridized carbons (Fsp3) is 0.857. The summed E-state index contributed by atoms with van der Waals surface area (Å²) in [5.41, 5.74) is 1.32. The molecule has 4 aliphatic rings. The molecule has 1 N–H and O–H groups in total. The summed E-state index contributed by atoms with van der Waals surface area (Å²) in [5.74, 6) is 2.61. The van der Waals surface area contributed by atoms with E-state index in [0.717, 1.165) is 44.1 Å². The molecule has 4 fully saturated rings. The van der Waals surface area contributed by atoms with Crippen molar-refractivity contribution < 1.29 is 19.4 Å². The highest BCUT2D eigenvalue weighted by molar-refractivity contribution is 5.99. The van der Waals surface area contributed by atoms with Gasteiger partial charge in [-0.3, -0.25) is 9.59 Å². The fourth-order valence-corrected chi connectivity index (χ4v) is 8.94. The first-order chi connectivity index (χ1) is 15.2. The van der Waals surface area contributed by atoms with E-state index in [-0.39, 0.29) is 34.7 Å². The second kappa shape index (κ2) is 8.89. The van der Waals surface area contributed by atoms with E-state index in [0.29, 0.717) is 42.5 Å². The summed E-state index contributed by atoms with van der Waals surface area (Å²) in [6.07, 6.45) is 10.5. The van der Waals surface area contributed by atoms with Crippen LogP contribution < -0.4 is 0 Å². The van der Waals surface area contributed by atoms with Gasteiger partial charge in [0, 0.05) is 12.3 Å². The average molecular weight is 445 g/mol. The van der Waals surface area contributed by atoms with Gasteiger partial charge in [0.05, 0.1) is 12.7 Å². The minimum atomic E-state index is -0.266. The van der Waals surface area contributed by atoms with Gasteiger partial charge in [-0.2, -0.15) is 0 Å². The van der Waals surface area contributed by atoms with Crippen LogP contribution in [-0.2, 0) is 14.3 Å². The lowest BCUT2D eigenvalue weighted by atomic mass is 9.43. The van der Waals surface area contributed by atoms with Gasteiger partial charge in [-0.05, 0) is 111 Å². The summed E-state index contributed by atoms with van der Waals surface area (Å²) < 4.78 is 5.16. The zero-order valence-electron chi connectivity index (χ0n) is 20.9. The van der Waals surface area contributed by atoms with Gasteiger partial charge in [0.15, 0.2) is 5.78 Å². The predicted octanol–water partition coefficient (Wildman–Crippen LogP) is 5.72. The Morgan fingerprint density at radius 1 is 1.16 bits per heavy atom. The molecular weight excluding hydrogens is 400 g/mol. The SMILES string of the molecule is CC=C1C(=O)C2C(CC[C@@]3(C)C2CCC3[C@H](C)CCC(=O)OCC)[C@@]2(C)CC[C@@H](O)CC12. The molecule has 9 atom stereocenters. The highest BCUT2D eigenvalue weighted by Crippen LogP contribution is 2.68. The topological polar surface area (TPSA) is 63.6 Å². The molecule has 4 heteroatoms. The van der Waals surface area contributed by atoms with Gasteiger partial charge in [0.2, 0.25) is 0 Å². The van der Waals surface area contributed by atoms with Crippen LogP contribution >= 0.6 is 0 Å². The molecule has 0 aromatic carbocycles. The molecule has 180 valence electrons. The summed E-state index contributed by atoms with van der Waals surface area (Å²) in [7, 11) is 0. The molecule has 0 saturated heterocycles. The maximum Gasteiger partial charge on any atom is 0.305 e. The Kier molecular flexibility index (Phi) is 6.66. The van der Waals surface area contributed by atoms with E-state index in [1.165, 1.54) is 12.8 Å². The first-order valence-electron chi connectivity index (χ1n) is 13.2. The monoisotopic (exact) mass is 444 g/mol. The number of aliphatic hydroxyl groups is 1. The van der Waals surface area contributed by atoms with E-state index in [1.54, 1.807) is 0 Å². The maximum absolute atomic E-state index is 13.9. The Bertz CT molecular complexity index is 771. The Morgan fingerprint density at radius 3 is 2.53 bits per heavy atom. The number of hydrogen-bond donors (Lipinski definition) is 1. The molecule has 4 saturated carbocycles. The number of rotatable bonds is 5. The molecule has 0 bridgehead atoms. The van der Waals surface area contributed by atoms with Gasteiger partial charge in [0.1, 0.15) is 0 Å². The van der Waals surface area contributed by atoms with Crippen LogP contribution in [-0.4, -0.2) is 29.6 Å². The highest BCUT2D eigenvalue weighted by atomic mass is 16.5. The van der Waals surface area contributed by atoms with Crippen LogP contribution in [0.4, 0.5) is 0 Å².